The summed E-state index contributed by atoms with van der Waals surface area (Å²) in [6, 6.07) is 10.9. The molecule has 3 aromatic rings. The minimum Gasteiger partial charge on any atom is -0.357 e. The molecular weight excluding hydrogens is 268 g/mol. The van der Waals surface area contributed by atoms with Crippen molar-refractivity contribution in [2.75, 3.05) is 0 Å². The third kappa shape index (κ3) is 2.23. The number of aromatic amines is 1. The number of benzene rings is 1. The van der Waals surface area contributed by atoms with Crippen LogP contribution in [0.1, 0.15) is 34.5 Å². The van der Waals surface area contributed by atoms with Crippen molar-refractivity contribution in [1.29, 1.82) is 0 Å². The summed E-state index contributed by atoms with van der Waals surface area (Å²) >= 11 is 0. The van der Waals surface area contributed by atoms with Gasteiger partial charge >= 0.3 is 0 Å². The van der Waals surface area contributed by atoms with E-state index >= 15 is 0 Å². The van der Waals surface area contributed by atoms with E-state index in [0.29, 0.717) is 0 Å². The van der Waals surface area contributed by atoms with Gasteiger partial charge in [-0.05, 0) is 62.1 Å². The lowest BCUT2D eigenvalue weighted by molar-refractivity contribution is 0.455. The first kappa shape index (κ1) is 13.6. The Morgan fingerprint density at radius 3 is 2.82 bits per heavy atom. The van der Waals surface area contributed by atoms with Gasteiger partial charge in [-0.3, -0.25) is 4.98 Å². The van der Waals surface area contributed by atoms with Crippen LogP contribution >= 0.6 is 0 Å². The van der Waals surface area contributed by atoms with Crippen molar-refractivity contribution in [3.8, 4) is 0 Å². The van der Waals surface area contributed by atoms with Gasteiger partial charge in [0.1, 0.15) is 0 Å². The van der Waals surface area contributed by atoms with Crippen LogP contribution in [0, 0.1) is 19.8 Å². The Bertz CT molecular complexity index is 815. The highest BCUT2D eigenvalue weighted by molar-refractivity contribution is 5.88. The molecule has 2 nitrogen and oxygen atoms in total. The number of H-pyrrole nitrogens is 1. The molecule has 1 N–H and O–H groups in total. The van der Waals surface area contributed by atoms with E-state index in [0.717, 1.165) is 11.6 Å². The zero-order chi connectivity index (χ0) is 15.1. The van der Waals surface area contributed by atoms with E-state index in [9.17, 15) is 0 Å². The lowest BCUT2D eigenvalue weighted by Crippen LogP contribution is -2.16. The fourth-order valence-corrected chi connectivity index (χ4v) is 3.88. The van der Waals surface area contributed by atoms with Gasteiger partial charge in [0, 0.05) is 16.8 Å². The van der Waals surface area contributed by atoms with E-state index in [1.807, 2.05) is 6.20 Å². The van der Waals surface area contributed by atoms with E-state index < -0.39 is 0 Å². The zero-order valence-electron chi connectivity index (χ0n) is 13.3. The number of rotatable bonds is 2. The smallest absolute Gasteiger partial charge is 0.0648 e. The molecule has 1 aliphatic carbocycles. The van der Waals surface area contributed by atoms with E-state index in [2.05, 4.69) is 54.1 Å². The standard InChI is InChI=1S/C20H22N2/c1-13-14(2)21-12-19-20(13)17-11-16(8-9-18(17)22-19)10-15-6-4-3-5-7-15/h3-7,12,16,22H,8-11H2,1-2H3. The van der Waals surface area contributed by atoms with Crippen LogP contribution in [0.2, 0.25) is 0 Å². The molecule has 0 spiro atoms. The number of aromatic nitrogens is 2. The molecule has 0 saturated heterocycles. The maximum absolute atomic E-state index is 4.51. The summed E-state index contributed by atoms with van der Waals surface area (Å²) in [5.74, 6) is 0.752. The van der Waals surface area contributed by atoms with Crippen molar-refractivity contribution in [3.63, 3.8) is 0 Å². The molecule has 0 amide bonds. The molecule has 112 valence electrons. The summed E-state index contributed by atoms with van der Waals surface area (Å²) < 4.78 is 0. The van der Waals surface area contributed by atoms with Crippen molar-refractivity contribution in [2.24, 2.45) is 5.92 Å². The molecule has 2 heterocycles. The Kier molecular flexibility index (Phi) is 3.25. The van der Waals surface area contributed by atoms with Gasteiger partial charge in [0.15, 0.2) is 0 Å². The number of nitrogens with zero attached hydrogens (tertiary/aromatic N) is 1. The third-order valence-corrected chi connectivity index (χ3v) is 5.19. The van der Waals surface area contributed by atoms with Crippen LogP contribution in [0.5, 0.6) is 0 Å². The second-order valence-electron chi connectivity index (χ2n) is 6.64. The summed E-state index contributed by atoms with van der Waals surface area (Å²) in [4.78, 5) is 8.11. The second-order valence-corrected chi connectivity index (χ2v) is 6.64. The van der Waals surface area contributed by atoms with E-state index in [-0.39, 0.29) is 0 Å². The van der Waals surface area contributed by atoms with Gasteiger partial charge in [-0.1, -0.05) is 30.3 Å². The molecule has 1 unspecified atom stereocenters. The number of aryl methyl sites for hydroxylation is 3. The average molecular weight is 290 g/mol. The molecule has 0 aliphatic heterocycles. The average Bonchev–Trinajstić information content (AvgIpc) is 2.90. The van der Waals surface area contributed by atoms with Gasteiger partial charge in [-0.15, -0.1) is 0 Å². The van der Waals surface area contributed by atoms with Gasteiger partial charge < -0.3 is 4.98 Å². The lowest BCUT2D eigenvalue weighted by Gasteiger charge is -2.23. The first-order valence-corrected chi connectivity index (χ1v) is 8.22. The third-order valence-electron chi connectivity index (χ3n) is 5.19. The van der Waals surface area contributed by atoms with Crippen LogP contribution in [0.25, 0.3) is 10.9 Å². The predicted octanol–water partition coefficient (Wildman–Crippen LogP) is 4.53. The molecule has 2 heteroatoms. The van der Waals surface area contributed by atoms with Crippen LogP contribution in [0.3, 0.4) is 0 Å². The summed E-state index contributed by atoms with van der Waals surface area (Å²) in [5, 5.41) is 1.43. The first-order valence-electron chi connectivity index (χ1n) is 8.22. The summed E-state index contributed by atoms with van der Waals surface area (Å²) in [5.41, 5.74) is 8.16. The number of nitrogens with one attached hydrogen (secondary N) is 1. The molecular formula is C20H22N2. The maximum atomic E-state index is 4.51. The normalized spacial score (nSPS) is 17.6. The van der Waals surface area contributed by atoms with Gasteiger partial charge in [0.05, 0.1) is 11.7 Å². The van der Waals surface area contributed by atoms with Crippen molar-refractivity contribution in [3.05, 3.63) is 64.6 Å². The highest BCUT2D eigenvalue weighted by atomic mass is 14.8. The van der Waals surface area contributed by atoms with Crippen LogP contribution in [0.15, 0.2) is 36.5 Å². The van der Waals surface area contributed by atoms with Gasteiger partial charge in [-0.2, -0.15) is 0 Å². The van der Waals surface area contributed by atoms with Crippen LogP contribution < -0.4 is 0 Å². The van der Waals surface area contributed by atoms with Gasteiger partial charge in [-0.25, -0.2) is 0 Å². The van der Waals surface area contributed by atoms with E-state index in [1.54, 1.807) is 5.56 Å². The highest BCUT2D eigenvalue weighted by Gasteiger charge is 2.24. The Labute approximate surface area is 131 Å². The Balaban J connectivity index is 1.69. The fraction of sp³-hybridized carbons (Fsp3) is 0.350. The largest absolute Gasteiger partial charge is 0.357 e. The van der Waals surface area contributed by atoms with E-state index in [1.165, 1.54) is 53.4 Å². The summed E-state index contributed by atoms with van der Waals surface area (Å²) in [7, 11) is 0. The zero-order valence-corrected chi connectivity index (χ0v) is 13.3. The van der Waals surface area contributed by atoms with Crippen LogP contribution in [-0.4, -0.2) is 9.97 Å². The SMILES string of the molecule is Cc1ncc2[nH]c3c(c2c1C)CC(Cc1ccccc1)CC3. The van der Waals surface area contributed by atoms with Gasteiger partial charge in [0.2, 0.25) is 0 Å². The second kappa shape index (κ2) is 5.28. The summed E-state index contributed by atoms with van der Waals surface area (Å²) in [6.07, 6.45) is 6.83. The lowest BCUT2D eigenvalue weighted by atomic mass is 9.82. The highest BCUT2D eigenvalue weighted by Crippen LogP contribution is 2.35. The molecule has 1 aliphatic rings. The first-order chi connectivity index (χ1) is 10.7. The minimum absolute atomic E-state index is 0.752. The Morgan fingerprint density at radius 2 is 2.00 bits per heavy atom. The minimum atomic E-state index is 0.752. The predicted molar refractivity (Wildman–Crippen MR) is 91.2 cm³/mol. The van der Waals surface area contributed by atoms with E-state index in [4.69, 9.17) is 0 Å². The molecule has 0 bridgehead atoms. The van der Waals surface area contributed by atoms with Crippen molar-refractivity contribution >= 4 is 10.9 Å². The van der Waals surface area contributed by atoms with Crippen LogP contribution in [-0.2, 0) is 19.3 Å². The van der Waals surface area contributed by atoms with Crippen molar-refractivity contribution in [2.45, 2.75) is 39.5 Å². The molecule has 4 rings (SSSR count). The molecule has 2 aromatic heterocycles. The fourth-order valence-electron chi connectivity index (χ4n) is 3.88. The van der Waals surface area contributed by atoms with Crippen LogP contribution in [0.4, 0.5) is 0 Å². The molecule has 22 heavy (non-hydrogen) atoms. The Hall–Kier alpha value is -2.09. The van der Waals surface area contributed by atoms with Crippen molar-refractivity contribution < 1.29 is 0 Å². The number of fused-ring (bicyclic) bond motifs is 3. The molecule has 0 saturated carbocycles. The molecule has 1 aromatic carbocycles. The summed E-state index contributed by atoms with van der Waals surface area (Å²) in [6.45, 7) is 4.32. The maximum Gasteiger partial charge on any atom is 0.0648 e. The number of pyridine rings is 1. The quantitative estimate of drug-likeness (QED) is 0.738. The monoisotopic (exact) mass is 290 g/mol. The molecule has 1 atom stereocenters. The molecule has 0 fully saturated rings. The number of hydrogen-bond acceptors (Lipinski definition) is 1. The Morgan fingerprint density at radius 1 is 1.18 bits per heavy atom. The molecule has 0 radical (unpaired) electrons. The van der Waals surface area contributed by atoms with Gasteiger partial charge in [0.25, 0.3) is 0 Å². The topological polar surface area (TPSA) is 28.7 Å². The van der Waals surface area contributed by atoms with Crippen molar-refractivity contribution in [1.82, 2.24) is 9.97 Å². The number of hydrogen-bond donors (Lipinski definition) is 1.